The lowest BCUT2D eigenvalue weighted by atomic mass is 10.3. The Morgan fingerprint density at radius 1 is 1.53 bits per heavy atom. The van der Waals surface area contributed by atoms with Crippen LogP contribution in [0.15, 0.2) is 27.7 Å². The molecule has 1 aliphatic rings. The first-order valence-corrected chi connectivity index (χ1v) is 8.24. The summed E-state index contributed by atoms with van der Waals surface area (Å²) in [7, 11) is -3.07. The fourth-order valence-corrected chi connectivity index (χ4v) is 3.93. The van der Waals surface area contributed by atoms with E-state index in [0.717, 1.165) is 0 Å². The standard InChI is InChI=1S/C11H11N3O3S2/c15-11-10-8(1-3-18-10)13-9(14-11)5-12-7-2-4-19(16,17)6-7/h1-4,7,12H,5-6H2,(H,13,14,15). The van der Waals surface area contributed by atoms with E-state index in [1.807, 2.05) is 5.38 Å². The zero-order valence-electron chi connectivity index (χ0n) is 9.79. The van der Waals surface area contributed by atoms with Crippen molar-refractivity contribution < 1.29 is 8.42 Å². The number of hydrogen-bond acceptors (Lipinski definition) is 6. The van der Waals surface area contributed by atoms with E-state index < -0.39 is 9.84 Å². The lowest BCUT2D eigenvalue weighted by Crippen LogP contribution is -2.30. The Labute approximate surface area is 113 Å². The van der Waals surface area contributed by atoms with Crippen molar-refractivity contribution in [2.24, 2.45) is 0 Å². The van der Waals surface area contributed by atoms with Gasteiger partial charge in [0.05, 0.1) is 17.8 Å². The molecule has 8 heteroatoms. The highest BCUT2D eigenvalue weighted by Gasteiger charge is 2.21. The molecule has 2 N–H and O–H groups in total. The molecule has 0 radical (unpaired) electrons. The smallest absolute Gasteiger partial charge is 0.268 e. The van der Waals surface area contributed by atoms with Crippen LogP contribution in [0, 0.1) is 0 Å². The number of fused-ring (bicyclic) bond motifs is 1. The van der Waals surface area contributed by atoms with Gasteiger partial charge in [0.1, 0.15) is 10.5 Å². The predicted molar refractivity (Wildman–Crippen MR) is 73.8 cm³/mol. The topological polar surface area (TPSA) is 91.9 Å². The van der Waals surface area contributed by atoms with Crippen LogP contribution in [-0.4, -0.2) is 30.2 Å². The minimum atomic E-state index is -3.07. The van der Waals surface area contributed by atoms with E-state index in [1.165, 1.54) is 16.7 Å². The van der Waals surface area contributed by atoms with E-state index in [4.69, 9.17) is 0 Å². The van der Waals surface area contributed by atoms with Crippen LogP contribution in [0.2, 0.25) is 0 Å². The normalized spacial score (nSPS) is 21.2. The third kappa shape index (κ3) is 2.60. The highest BCUT2D eigenvalue weighted by molar-refractivity contribution is 7.94. The first-order valence-electron chi connectivity index (χ1n) is 5.64. The van der Waals surface area contributed by atoms with Crippen molar-refractivity contribution in [3.8, 4) is 0 Å². The van der Waals surface area contributed by atoms with Gasteiger partial charge in [0.25, 0.3) is 5.56 Å². The molecule has 1 atom stereocenters. The number of thiophene rings is 1. The molecule has 0 aromatic carbocycles. The van der Waals surface area contributed by atoms with Gasteiger partial charge in [0.2, 0.25) is 0 Å². The van der Waals surface area contributed by atoms with Crippen molar-refractivity contribution in [2.45, 2.75) is 12.6 Å². The quantitative estimate of drug-likeness (QED) is 0.855. The maximum atomic E-state index is 11.7. The molecule has 3 rings (SSSR count). The molecule has 6 nitrogen and oxygen atoms in total. The van der Waals surface area contributed by atoms with Crippen LogP contribution in [0.4, 0.5) is 0 Å². The lowest BCUT2D eigenvalue weighted by Gasteiger charge is -2.08. The third-order valence-corrected chi connectivity index (χ3v) is 5.12. The van der Waals surface area contributed by atoms with Gasteiger partial charge in [-0.2, -0.15) is 0 Å². The highest BCUT2D eigenvalue weighted by atomic mass is 32.2. The fraction of sp³-hybridized carbons (Fsp3) is 0.273. The van der Waals surface area contributed by atoms with Gasteiger partial charge in [-0.15, -0.1) is 11.3 Å². The van der Waals surface area contributed by atoms with E-state index in [2.05, 4.69) is 15.3 Å². The molecule has 19 heavy (non-hydrogen) atoms. The van der Waals surface area contributed by atoms with Gasteiger partial charge in [-0.05, 0) is 11.4 Å². The lowest BCUT2D eigenvalue weighted by molar-refractivity contribution is 0.585. The number of nitrogens with zero attached hydrogens (tertiary/aromatic N) is 1. The van der Waals surface area contributed by atoms with Gasteiger partial charge >= 0.3 is 0 Å². The van der Waals surface area contributed by atoms with E-state index in [9.17, 15) is 13.2 Å². The Bertz CT molecular complexity index is 804. The second kappa shape index (κ2) is 4.55. The van der Waals surface area contributed by atoms with E-state index in [0.29, 0.717) is 22.6 Å². The van der Waals surface area contributed by atoms with Crippen LogP contribution in [0.1, 0.15) is 5.82 Å². The van der Waals surface area contributed by atoms with Crippen molar-refractivity contribution in [3.05, 3.63) is 39.1 Å². The average molecular weight is 297 g/mol. The predicted octanol–water partition coefficient (Wildman–Crippen LogP) is 0.385. The van der Waals surface area contributed by atoms with Crippen molar-refractivity contribution >= 4 is 31.4 Å². The van der Waals surface area contributed by atoms with Crippen LogP contribution in [0.5, 0.6) is 0 Å². The SMILES string of the molecule is O=c1[nH]c(CNC2C=CS(=O)(=O)C2)nc2ccsc12. The monoisotopic (exact) mass is 297 g/mol. The van der Waals surface area contributed by atoms with Crippen molar-refractivity contribution in [1.29, 1.82) is 0 Å². The number of hydrogen-bond donors (Lipinski definition) is 2. The molecule has 0 saturated carbocycles. The number of aromatic nitrogens is 2. The van der Waals surface area contributed by atoms with Crippen LogP contribution >= 0.6 is 11.3 Å². The molecule has 0 fully saturated rings. The molecule has 3 heterocycles. The van der Waals surface area contributed by atoms with E-state index in [1.54, 1.807) is 12.1 Å². The van der Waals surface area contributed by atoms with Gasteiger partial charge < -0.3 is 10.3 Å². The van der Waals surface area contributed by atoms with Gasteiger partial charge in [-0.1, -0.05) is 6.08 Å². The first-order chi connectivity index (χ1) is 9.03. The molecular weight excluding hydrogens is 286 g/mol. The van der Waals surface area contributed by atoms with Crippen molar-refractivity contribution in [1.82, 2.24) is 15.3 Å². The van der Waals surface area contributed by atoms with E-state index >= 15 is 0 Å². The van der Waals surface area contributed by atoms with Crippen LogP contribution in [0.3, 0.4) is 0 Å². The van der Waals surface area contributed by atoms with Gasteiger partial charge in [-0.25, -0.2) is 13.4 Å². The van der Waals surface area contributed by atoms with Gasteiger partial charge in [-0.3, -0.25) is 4.79 Å². The second-order valence-electron chi connectivity index (χ2n) is 4.29. The summed E-state index contributed by atoms with van der Waals surface area (Å²) in [6, 6.07) is 1.56. The maximum Gasteiger partial charge on any atom is 0.268 e. The minimum absolute atomic E-state index is 0.0535. The van der Waals surface area contributed by atoms with Crippen LogP contribution in [-0.2, 0) is 16.4 Å². The van der Waals surface area contributed by atoms with E-state index in [-0.39, 0.29) is 17.4 Å². The molecular formula is C11H11N3O3S2. The highest BCUT2D eigenvalue weighted by Crippen LogP contribution is 2.14. The molecule has 1 unspecified atom stereocenters. The second-order valence-corrected chi connectivity index (χ2v) is 7.14. The Morgan fingerprint density at radius 3 is 3.11 bits per heavy atom. The zero-order valence-corrected chi connectivity index (χ0v) is 11.4. The number of aromatic amines is 1. The summed E-state index contributed by atoms with van der Waals surface area (Å²) in [5, 5.41) is 6.07. The average Bonchev–Trinajstić information content (AvgIpc) is 2.93. The molecule has 0 amide bonds. The number of H-pyrrole nitrogens is 1. The third-order valence-electron chi connectivity index (χ3n) is 2.83. The Kier molecular flexibility index (Phi) is 3.00. The first kappa shape index (κ1) is 12.5. The summed E-state index contributed by atoms with van der Waals surface area (Å²) >= 11 is 1.35. The van der Waals surface area contributed by atoms with Crippen molar-refractivity contribution in [3.63, 3.8) is 0 Å². The molecule has 2 aromatic heterocycles. The van der Waals surface area contributed by atoms with Gasteiger partial charge in [0, 0.05) is 11.4 Å². The van der Waals surface area contributed by atoms with Crippen LogP contribution < -0.4 is 10.9 Å². The summed E-state index contributed by atoms with van der Waals surface area (Å²) in [5.41, 5.74) is 0.506. The summed E-state index contributed by atoms with van der Waals surface area (Å²) in [6.07, 6.45) is 1.61. The fourth-order valence-electron chi connectivity index (χ4n) is 1.94. The van der Waals surface area contributed by atoms with Crippen molar-refractivity contribution in [2.75, 3.05) is 5.75 Å². The van der Waals surface area contributed by atoms with Crippen LogP contribution in [0.25, 0.3) is 10.2 Å². The summed E-state index contributed by atoms with van der Waals surface area (Å²) in [6.45, 7) is 0.325. The Hall–Kier alpha value is -1.51. The zero-order chi connectivity index (χ0) is 13.5. The summed E-state index contributed by atoms with van der Waals surface area (Å²) in [4.78, 5) is 18.7. The number of sulfone groups is 1. The minimum Gasteiger partial charge on any atom is -0.308 e. The molecule has 0 spiro atoms. The molecule has 100 valence electrons. The summed E-state index contributed by atoms with van der Waals surface area (Å²) < 4.78 is 23.1. The maximum absolute atomic E-state index is 11.7. The Morgan fingerprint density at radius 2 is 2.37 bits per heavy atom. The number of rotatable bonds is 3. The largest absolute Gasteiger partial charge is 0.308 e. The molecule has 1 aliphatic heterocycles. The number of nitrogens with one attached hydrogen (secondary N) is 2. The molecule has 0 aliphatic carbocycles. The van der Waals surface area contributed by atoms with Gasteiger partial charge in [0.15, 0.2) is 9.84 Å². The summed E-state index contributed by atoms with van der Waals surface area (Å²) in [5.74, 6) is 0.561. The Balaban J connectivity index is 1.76. The molecule has 0 bridgehead atoms. The molecule has 0 saturated heterocycles. The molecule has 2 aromatic rings.